The van der Waals surface area contributed by atoms with Crippen LogP contribution in [0.3, 0.4) is 0 Å². The largest absolute Gasteiger partial charge is 0.506 e. The van der Waals surface area contributed by atoms with Crippen molar-refractivity contribution in [1.82, 2.24) is 15.6 Å². The summed E-state index contributed by atoms with van der Waals surface area (Å²) in [5.74, 6) is 0.0555. The van der Waals surface area contributed by atoms with Crippen LogP contribution in [0.1, 0.15) is 37.7 Å². The molecular formula is C18H25N3O4S. The number of aromatic nitrogens is 1. The third kappa shape index (κ3) is 4.98. The molecule has 1 fully saturated rings. The standard InChI is InChI=1S/C18H25N3O4S/c22-14-7-6-12(16-15(14)21-18(24)26-16)8-9-20-17(23)25-11-10-19-13-4-2-1-3-5-13/h6-7,13,19,22H,1-5,8-11H2,(H,20,23)(H,21,24). The zero-order valence-corrected chi connectivity index (χ0v) is 15.5. The van der Waals surface area contributed by atoms with Crippen LogP contribution >= 0.6 is 11.3 Å². The summed E-state index contributed by atoms with van der Waals surface area (Å²) in [6.07, 6.45) is 6.41. The topological polar surface area (TPSA) is 103 Å². The smallest absolute Gasteiger partial charge is 0.407 e. The van der Waals surface area contributed by atoms with E-state index in [0.717, 1.165) is 21.6 Å². The molecule has 142 valence electrons. The number of hydrogen-bond donors (Lipinski definition) is 4. The highest BCUT2D eigenvalue weighted by Crippen LogP contribution is 2.27. The molecule has 0 radical (unpaired) electrons. The van der Waals surface area contributed by atoms with Crippen LogP contribution in [0.15, 0.2) is 16.9 Å². The number of aromatic amines is 1. The van der Waals surface area contributed by atoms with E-state index in [9.17, 15) is 14.7 Å². The van der Waals surface area contributed by atoms with E-state index in [4.69, 9.17) is 4.74 Å². The van der Waals surface area contributed by atoms with Crippen molar-refractivity contribution in [2.75, 3.05) is 19.7 Å². The van der Waals surface area contributed by atoms with Crippen molar-refractivity contribution < 1.29 is 14.6 Å². The Morgan fingerprint density at radius 1 is 1.27 bits per heavy atom. The molecule has 1 aromatic carbocycles. The van der Waals surface area contributed by atoms with Gasteiger partial charge in [0.25, 0.3) is 0 Å². The number of aromatic hydroxyl groups is 1. The Morgan fingerprint density at radius 2 is 2.08 bits per heavy atom. The normalized spacial score (nSPS) is 15.2. The fourth-order valence-electron chi connectivity index (χ4n) is 3.33. The maximum atomic E-state index is 11.8. The lowest BCUT2D eigenvalue weighted by Crippen LogP contribution is -2.35. The Kier molecular flexibility index (Phi) is 6.51. The second-order valence-corrected chi connectivity index (χ2v) is 7.55. The van der Waals surface area contributed by atoms with Gasteiger partial charge in [-0.25, -0.2) is 4.79 Å². The van der Waals surface area contributed by atoms with Crippen LogP contribution in [0.5, 0.6) is 5.75 Å². The number of benzene rings is 1. The molecule has 0 aliphatic heterocycles. The molecule has 1 aliphatic rings. The van der Waals surface area contributed by atoms with E-state index in [1.165, 1.54) is 32.1 Å². The van der Waals surface area contributed by atoms with Crippen LogP contribution in [0.2, 0.25) is 0 Å². The minimum absolute atomic E-state index is 0.0555. The van der Waals surface area contributed by atoms with Gasteiger partial charge in [0.1, 0.15) is 17.9 Å². The lowest BCUT2D eigenvalue weighted by molar-refractivity contribution is 0.145. The second-order valence-electron chi connectivity index (χ2n) is 6.56. The van der Waals surface area contributed by atoms with E-state index in [-0.39, 0.29) is 10.6 Å². The van der Waals surface area contributed by atoms with E-state index in [1.54, 1.807) is 12.1 Å². The predicted molar refractivity (Wildman–Crippen MR) is 102 cm³/mol. The molecular weight excluding hydrogens is 354 g/mol. The first-order chi connectivity index (χ1) is 12.6. The molecule has 0 unspecified atom stereocenters. The van der Waals surface area contributed by atoms with Crippen LogP contribution in [0.25, 0.3) is 10.2 Å². The van der Waals surface area contributed by atoms with Gasteiger partial charge in [0.15, 0.2) is 0 Å². The molecule has 2 aromatic rings. The van der Waals surface area contributed by atoms with Crippen LogP contribution in [-0.4, -0.2) is 41.9 Å². The Bertz CT molecular complexity index is 795. The highest BCUT2D eigenvalue weighted by Gasteiger charge is 2.13. The second kappa shape index (κ2) is 9.05. The fourth-order valence-corrected chi connectivity index (χ4v) is 4.23. The molecule has 1 amide bonds. The molecule has 0 saturated heterocycles. The Balaban J connectivity index is 1.37. The van der Waals surface area contributed by atoms with E-state index < -0.39 is 6.09 Å². The average Bonchev–Trinajstić information content (AvgIpc) is 3.04. The SMILES string of the molecule is O=C(NCCc1ccc(O)c2[nH]c(=O)sc12)OCCNC1CCCCC1. The van der Waals surface area contributed by atoms with E-state index in [0.29, 0.717) is 37.7 Å². The van der Waals surface area contributed by atoms with Gasteiger partial charge < -0.3 is 25.5 Å². The number of carbonyl (C=O) groups excluding carboxylic acids is 1. The molecule has 1 heterocycles. The zero-order chi connectivity index (χ0) is 18.4. The summed E-state index contributed by atoms with van der Waals surface area (Å²) in [5, 5.41) is 15.9. The lowest BCUT2D eigenvalue weighted by Gasteiger charge is -2.22. The summed E-state index contributed by atoms with van der Waals surface area (Å²) in [4.78, 5) is 25.7. The maximum absolute atomic E-state index is 11.8. The molecule has 0 spiro atoms. The Hall–Kier alpha value is -2.06. The van der Waals surface area contributed by atoms with Gasteiger partial charge in [-0.05, 0) is 30.9 Å². The molecule has 7 nitrogen and oxygen atoms in total. The zero-order valence-electron chi connectivity index (χ0n) is 14.7. The predicted octanol–water partition coefficient (Wildman–Crippen LogP) is 2.49. The summed E-state index contributed by atoms with van der Waals surface area (Å²) in [6.45, 7) is 1.43. The molecule has 1 saturated carbocycles. The van der Waals surface area contributed by atoms with Gasteiger partial charge in [-0.1, -0.05) is 36.7 Å². The fraction of sp³-hybridized carbons (Fsp3) is 0.556. The lowest BCUT2D eigenvalue weighted by atomic mass is 9.96. The number of alkyl carbamates (subject to hydrolysis) is 1. The minimum atomic E-state index is -0.437. The van der Waals surface area contributed by atoms with Gasteiger partial charge in [0.05, 0.1) is 4.70 Å². The first kappa shape index (κ1) is 18.7. The third-order valence-electron chi connectivity index (χ3n) is 4.68. The number of thiazole rings is 1. The quantitative estimate of drug-likeness (QED) is 0.554. The molecule has 8 heteroatoms. The summed E-state index contributed by atoms with van der Waals surface area (Å²) < 4.78 is 5.90. The maximum Gasteiger partial charge on any atom is 0.407 e. The number of H-pyrrole nitrogens is 1. The van der Waals surface area contributed by atoms with Crippen LogP contribution in [0.4, 0.5) is 4.79 Å². The van der Waals surface area contributed by atoms with Crippen molar-refractivity contribution in [2.24, 2.45) is 0 Å². The van der Waals surface area contributed by atoms with Crippen molar-refractivity contribution in [1.29, 1.82) is 0 Å². The Morgan fingerprint density at radius 3 is 2.88 bits per heavy atom. The highest BCUT2D eigenvalue weighted by atomic mass is 32.1. The number of fused-ring (bicyclic) bond motifs is 1. The van der Waals surface area contributed by atoms with Crippen molar-refractivity contribution in [3.05, 3.63) is 27.4 Å². The van der Waals surface area contributed by atoms with Gasteiger partial charge in [0, 0.05) is 19.1 Å². The van der Waals surface area contributed by atoms with E-state index >= 15 is 0 Å². The van der Waals surface area contributed by atoms with Gasteiger partial charge in [-0.3, -0.25) is 4.79 Å². The van der Waals surface area contributed by atoms with Crippen LogP contribution in [-0.2, 0) is 11.2 Å². The van der Waals surface area contributed by atoms with Crippen molar-refractivity contribution in [3.8, 4) is 5.75 Å². The van der Waals surface area contributed by atoms with Crippen molar-refractivity contribution in [3.63, 3.8) is 0 Å². The van der Waals surface area contributed by atoms with Gasteiger partial charge in [-0.2, -0.15) is 0 Å². The molecule has 0 atom stereocenters. The molecule has 3 rings (SSSR count). The first-order valence-electron chi connectivity index (χ1n) is 9.11. The number of hydrogen-bond acceptors (Lipinski definition) is 6. The van der Waals surface area contributed by atoms with E-state index in [1.807, 2.05) is 0 Å². The Labute approximate surface area is 155 Å². The highest BCUT2D eigenvalue weighted by molar-refractivity contribution is 7.16. The number of phenolic OH excluding ortho intramolecular Hbond substituents is 1. The van der Waals surface area contributed by atoms with Gasteiger partial charge >= 0.3 is 11.0 Å². The molecule has 1 aromatic heterocycles. The van der Waals surface area contributed by atoms with Crippen LogP contribution in [0, 0.1) is 0 Å². The third-order valence-corrected chi connectivity index (χ3v) is 5.63. The minimum Gasteiger partial charge on any atom is -0.506 e. The number of carbonyl (C=O) groups is 1. The van der Waals surface area contributed by atoms with Gasteiger partial charge in [0.2, 0.25) is 0 Å². The number of ether oxygens (including phenoxy) is 1. The monoisotopic (exact) mass is 379 g/mol. The van der Waals surface area contributed by atoms with Gasteiger partial charge in [-0.15, -0.1) is 0 Å². The molecule has 1 aliphatic carbocycles. The van der Waals surface area contributed by atoms with Crippen LogP contribution < -0.4 is 15.5 Å². The van der Waals surface area contributed by atoms with Crippen molar-refractivity contribution >= 4 is 27.6 Å². The summed E-state index contributed by atoms with van der Waals surface area (Å²) in [5.41, 5.74) is 1.36. The molecule has 4 N–H and O–H groups in total. The van der Waals surface area contributed by atoms with Crippen molar-refractivity contribution in [2.45, 2.75) is 44.6 Å². The molecule has 0 bridgehead atoms. The summed E-state index contributed by atoms with van der Waals surface area (Å²) in [7, 11) is 0. The molecule has 26 heavy (non-hydrogen) atoms. The summed E-state index contributed by atoms with van der Waals surface area (Å²) in [6, 6.07) is 3.87. The first-order valence-corrected chi connectivity index (χ1v) is 9.93. The average molecular weight is 379 g/mol. The number of amides is 1. The summed E-state index contributed by atoms with van der Waals surface area (Å²) >= 11 is 1.06. The van der Waals surface area contributed by atoms with E-state index in [2.05, 4.69) is 15.6 Å². The number of nitrogens with one attached hydrogen (secondary N) is 3. The number of rotatable bonds is 7. The number of phenols is 1.